The van der Waals surface area contributed by atoms with Crippen molar-refractivity contribution in [3.05, 3.63) is 65.7 Å². The van der Waals surface area contributed by atoms with Crippen molar-refractivity contribution in [1.82, 2.24) is 0 Å². The molecule has 1 unspecified atom stereocenters. The van der Waals surface area contributed by atoms with Gasteiger partial charge in [-0.25, -0.2) is 8.78 Å². The summed E-state index contributed by atoms with van der Waals surface area (Å²) in [7, 11) is 0. The van der Waals surface area contributed by atoms with Crippen molar-refractivity contribution in [2.24, 2.45) is 5.73 Å². The highest BCUT2D eigenvalue weighted by atomic mass is 19.1. The SMILES string of the molecule is NCC(Nc1ccc(F)cc1)c1ccccc1F. The number of nitrogens with two attached hydrogens (primary N) is 1. The molecule has 0 radical (unpaired) electrons. The van der Waals surface area contributed by atoms with Crippen LogP contribution in [-0.4, -0.2) is 6.54 Å². The molecule has 2 nitrogen and oxygen atoms in total. The highest BCUT2D eigenvalue weighted by molar-refractivity contribution is 5.45. The van der Waals surface area contributed by atoms with Crippen LogP contribution in [0.15, 0.2) is 48.5 Å². The van der Waals surface area contributed by atoms with Gasteiger partial charge in [-0.3, -0.25) is 0 Å². The van der Waals surface area contributed by atoms with Gasteiger partial charge in [-0.05, 0) is 30.3 Å². The second kappa shape index (κ2) is 5.60. The number of halogens is 2. The van der Waals surface area contributed by atoms with Crippen molar-refractivity contribution in [3.8, 4) is 0 Å². The Morgan fingerprint density at radius 1 is 1.00 bits per heavy atom. The van der Waals surface area contributed by atoms with Crippen LogP contribution in [0.1, 0.15) is 11.6 Å². The zero-order chi connectivity index (χ0) is 13.0. The quantitative estimate of drug-likeness (QED) is 0.872. The van der Waals surface area contributed by atoms with Gasteiger partial charge in [0.25, 0.3) is 0 Å². The molecule has 0 amide bonds. The van der Waals surface area contributed by atoms with Crippen LogP contribution in [0.3, 0.4) is 0 Å². The topological polar surface area (TPSA) is 38.0 Å². The van der Waals surface area contributed by atoms with Gasteiger partial charge < -0.3 is 11.1 Å². The zero-order valence-electron chi connectivity index (χ0n) is 9.74. The van der Waals surface area contributed by atoms with E-state index in [0.717, 1.165) is 0 Å². The maximum Gasteiger partial charge on any atom is 0.128 e. The van der Waals surface area contributed by atoms with Crippen LogP contribution in [-0.2, 0) is 0 Å². The normalized spacial score (nSPS) is 12.2. The molecule has 3 N–H and O–H groups in total. The number of benzene rings is 2. The van der Waals surface area contributed by atoms with E-state index in [1.165, 1.54) is 18.2 Å². The van der Waals surface area contributed by atoms with E-state index >= 15 is 0 Å². The summed E-state index contributed by atoms with van der Waals surface area (Å²) in [6, 6.07) is 12.0. The summed E-state index contributed by atoms with van der Waals surface area (Å²) >= 11 is 0. The van der Waals surface area contributed by atoms with Crippen molar-refractivity contribution >= 4 is 5.69 Å². The van der Waals surface area contributed by atoms with Gasteiger partial charge in [0.2, 0.25) is 0 Å². The molecule has 2 aromatic rings. The standard InChI is InChI=1S/C14H14F2N2/c15-10-5-7-11(8-6-10)18-14(9-17)12-3-1-2-4-13(12)16/h1-8,14,18H,9,17H2. The fraction of sp³-hybridized carbons (Fsp3) is 0.143. The van der Waals surface area contributed by atoms with E-state index in [0.29, 0.717) is 11.3 Å². The first-order valence-corrected chi connectivity index (χ1v) is 5.67. The molecular weight excluding hydrogens is 234 g/mol. The van der Waals surface area contributed by atoms with Crippen LogP contribution in [0.5, 0.6) is 0 Å². The first-order valence-electron chi connectivity index (χ1n) is 5.67. The average molecular weight is 248 g/mol. The minimum Gasteiger partial charge on any atom is -0.377 e. The summed E-state index contributed by atoms with van der Waals surface area (Å²) in [4.78, 5) is 0. The smallest absolute Gasteiger partial charge is 0.128 e. The lowest BCUT2D eigenvalue weighted by Gasteiger charge is -2.19. The molecule has 0 saturated heterocycles. The molecule has 0 spiro atoms. The Morgan fingerprint density at radius 2 is 1.67 bits per heavy atom. The van der Waals surface area contributed by atoms with Crippen LogP contribution in [0.2, 0.25) is 0 Å². The average Bonchev–Trinajstić information content (AvgIpc) is 2.39. The lowest BCUT2D eigenvalue weighted by Crippen LogP contribution is -2.21. The zero-order valence-corrected chi connectivity index (χ0v) is 9.74. The van der Waals surface area contributed by atoms with E-state index < -0.39 is 0 Å². The number of nitrogens with one attached hydrogen (secondary N) is 1. The highest BCUT2D eigenvalue weighted by Gasteiger charge is 2.13. The van der Waals surface area contributed by atoms with Gasteiger partial charge in [0.05, 0.1) is 6.04 Å². The van der Waals surface area contributed by atoms with E-state index in [2.05, 4.69) is 5.32 Å². The number of rotatable bonds is 4. The maximum atomic E-state index is 13.6. The van der Waals surface area contributed by atoms with Gasteiger partial charge in [-0.1, -0.05) is 18.2 Å². The van der Waals surface area contributed by atoms with Gasteiger partial charge in [0.1, 0.15) is 11.6 Å². The van der Waals surface area contributed by atoms with Crippen LogP contribution in [0.4, 0.5) is 14.5 Å². The van der Waals surface area contributed by atoms with E-state index in [1.807, 2.05) is 0 Å². The monoisotopic (exact) mass is 248 g/mol. The highest BCUT2D eigenvalue weighted by Crippen LogP contribution is 2.21. The summed E-state index contributed by atoms with van der Waals surface area (Å²) < 4.78 is 26.4. The van der Waals surface area contributed by atoms with Crippen LogP contribution >= 0.6 is 0 Å². The molecule has 0 bridgehead atoms. The predicted molar refractivity (Wildman–Crippen MR) is 68.2 cm³/mol. The summed E-state index contributed by atoms with van der Waals surface area (Å²) in [6.45, 7) is 0.248. The van der Waals surface area contributed by atoms with Crippen LogP contribution in [0, 0.1) is 11.6 Å². The predicted octanol–water partition coefficient (Wildman–Crippen LogP) is 3.08. The molecule has 0 saturated carbocycles. The van der Waals surface area contributed by atoms with Crippen LogP contribution in [0.25, 0.3) is 0 Å². The van der Waals surface area contributed by atoms with E-state index in [9.17, 15) is 8.78 Å². The molecule has 2 rings (SSSR count). The van der Waals surface area contributed by atoms with Crippen molar-refractivity contribution in [2.75, 3.05) is 11.9 Å². The molecule has 0 aromatic heterocycles. The third-order valence-electron chi connectivity index (χ3n) is 2.70. The van der Waals surface area contributed by atoms with Crippen LogP contribution < -0.4 is 11.1 Å². The van der Waals surface area contributed by atoms with E-state index in [1.54, 1.807) is 30.3 Å². The third-order valence-corrected chi connectivity index (χ3v) is 2.70. The fourth-order valence-electron chi connectivity index (χ4n) is 1.77. The molecule has 0 fully saturated rings. The van der Waals surface area contributed by atoms with Gasteiger partial charge in [-0.15, -0.1) is 0 Å². The Balaban J connectivity index is 2.20. The Morgan fingerprint density at radius 3 is 2.28 bits per heavy atom. The lowest BCUT2D eigenvalue weighted by atomic mass is 10.1. The summed E-state index contributed by atoms with van der Waals surface area (Å²) in [5.41, 5.74) is 6.86. The van der Waals surface area contributed by atoms with Crippen molar-refractivity contribution in [2.45, 2.75) is 6.04 Å². The second-order valence-corrected chi connectivity index (χ2v) is 3.96. The van der Waals surface area contributed by atoms with Gasteiger partial charge in [0.15, 0.2) is 0 Å². The van der Waals surface area contributed by atoms with E-state index in [-0.39, 0.29) is 24.2 Å². The van der Waals surface area contributed by atoms with E-state index in [4.69, 9.17) is 5.73 Å². The molecule has 2 aromatic carbocycles. The largest absolute Gasteiger partial charge is 0.377 e. The minimum atomic E-state index is -0.336. The molecular formula is C14H14F2N2. The second-order valence-electron chi connectivity index (χ2n) is 3.96. The first-order chi connectivity index (χ1) is 8.70. The molecule has 0 heterocycles. The maximum absolute atomic E-state index is 13.6. The minimum absolute atomic E-state index is 0.248. The van der Waals surface area contributed by atoms with Crippen molar-refractivity contribution in [3.63, 3.8) is 0 Å². The number of hydrogen-bond donors (Lipinski definition) is 2. The number of anilines is 1. The van der Waals surface area contributed by atoms with Crippen molar-refractivity contribution in [1.29, 1.82) is 0 Å². The summed E-state index contributed by atoms with van der Waals surface area (Å²) in [5, 5.41) is 3.08. The fourth-order valence-corrected chi connectivity index (χ4v) is 1.77. The lowest BCUT2D eigenvalue weighted by molar-refractivity contribution is 0.593. The first kappa shape index (κ1) is 12.5. The van der Waals surface area contributed by atoms with Gasteiger partial charge in [-0.2, -0.15) is 0 Å². The van der Waals surface area contributed by atoms with Gasteiger partial charge in [0, 0.05) is 17.8 Å². The molecule has 0 aliphatic heterocycles. The summed E-state index contributed by atoms with van der Waals surface area (Å²) in [5.74, 6) is -0.613. The summed E-state index contributed by atoms with van der Waals surface area (Å²) in [6.07, 6.45) is 0. The molecule has 1 atom stereocenters. The Hall–Kier alpha value is -1.94. The Kier molecular flexibility index (Phi) is 3.89. The molecule has 94 valence electrons. The number of hydrogen-bond acceptors (Lipinski definition) is 2. The molecule has 18 heavy (non-hydrogen) atoms. The van der Waals surface area contributed by atoms with Crippen molar-refractivity contribution < 1.29 is 8.78 Å². The Bertz CT molecular complexity index is 511. The Labute approximate surface area is 104 Å². The molecule has 4 heteroatoms. The van der Waals surface area contributed by atoms with Gasteiger partial charge >= 0.3 is 0 Å². The molecule has 0 aliphatic rings. The molecule has 0 aliphatic carbocycles. The third kappa shape index (κ3) is 2.84.